The van der Waals surface area contributed by atoms with Crippen molar-refractivity contribution >= 4 is 27.4 Å². The number of hydrogen-bond acceptors (Lipinski definition) is 6. The van der Waals surface area contributed by atoms with Gasteiger partial charge in [-0.15, -0.1) is 11.3 Å². The molecule has 2 rings (SSSR count). The molecule has 0 atom stereocenters. The molecule has 0 radical (unpaired) electrons. The molecule has 0 spiro atoms. The summed E-state index contributed by atoms with van der Waals surface area (Å²) < 4.78 is 5.32. The number of hydrogen-bond donors (Lipinski definition) is 2. The average Bonchev–Trinajstić information content (AvgIpc) is 2.74. The Morgan fingerprint density at radius 2 is 2.28 bits per heavy atom. The van der Waals surface area contributed by atoms with Gasteiger partial charge in [0, 0.05) is 24.6 Å². The predicted molar refractivity (Wildman–Crippen MR) is 75.1 cm³/mol. The van der Waals surface area contributed by atoms with Gasteiger partial charge in [0.05, 0.1) is 12.0 Å². The molecule has 2 heterocycles. The summed E-state index contributed by atoms with van der Waals surface area (Å²) in [5.74, 6) is 0.906. The molecular formula is C12H18N4OS. The molecule has 0 aromatic carbocycles. The van der Waals surface area contributed by atoms with Crippen LogP contribution in [0.5, 0.6) is 0 Å². The molecule has 2 aromatic heterocycles. The maximum Gasteiger partial charge on any atom is 0.138 e. The molecule has 0 aliphatic carbocycles. The number of fused-ring (bicyclic) bond motifs is 1. The van der Waals surface area contributed by atoms with E-state index in [0.717, 1.165) is 35.6 Å². The van der Waals surface area contributed by atoms with Crippen LogP contribution in [0.25, 0.3) is 10.2 Å². The third-order valence-electron chi connectivity index (χ3n) is 2.47. The average molecular weight is 266 g/mol. The minimum absolute atomic E-state index is 0.578. The monoisotopic (exact) mass is 266 g/mol. The molecule has 5 nitrogen and oxygen atoms in total. The van der Waals surface area contributed by atoms with Crippen LogP contribution in [0.3, 0.4) is 0 Å². The number of rotatable bonds is 7. The maximum atomic E-state index is 5.34. The van der Waals surface area contributed by atoms with Crippen molar-refractivity contribution in [1.82, 2.24) is 9.97 Å². The van der Waals surface area contributed by atoms with Gasteiger partial charge in [-0.25, -0.2) is 9.97 Å². The van der Waals surface area contributed by atoms with Crippen LogP contribution >= 0.6 is 11.3 Å². The Morgan fingerprint density at radius 3 is 3.11 bits per heavy atom. The van der Waals surface area contributed by atoms with Gasteiger partial charge in [0.15, 0.2) is 0 Å². The zero-order chi connectivity index (χ0) is 12.8. The second kappa shape index (κ2) is 6.63. The van der Waals surface area contributed by atoms with Crippen molar-refractivity contribution < 1.29 is 4.74 Å². The van der Waals surface area contributed by atoms with Crippen LogP contribution in [-0.4, -0.2) is 36.3 Å². The van der Waals surface area contributed by atoms with Gasteiger partial charge in [-0.3, -0.25) is 0 Å². The van der Waals surface area contributed by atoms with Crippen molar-refractivity contribution in [3.63, 3.8) is 0 Å². The largest absolute Gasteiger partial charge is 0.380 e. The van der Waals surface area contributed by atoms with Gasteiger partial charge in [0.1, 0.15) is 17.0 Å². The molecule has 0 amide bonds. The van der Waals surface area contributed by atoms with Gasteiger partial charge < -0.3 is 15.8 Å². The Hall–Kier alpha value is -1.24. The van der Waals surface area contributed by atoms with E-state index >= 15 is 0 Å². The highest BCUT2D eigenvalue weighted by Crippen LogP contribution is 2.27. The van der Waals surface area contributed by atoms with E-state index in [4.69, 9.17) is 10.5 Å². The minimum Gasteiger partial charge on any atom is -0.380 e. The Morgan fingerprint density at radius 1 is 1.39 bits per heavy atom. The summed E-state index contributed by atoms with van der Waals surface area (Å²) in [5.41, 5.74) is 5.34. The van der Waals surface area contributed by atoms with Crippen molar-refractivity contribution in [3.8, 4) is 0 Å². The summed E-state index contributed by atoms with van der Waals surface area (Å²) in [6, 6.07) is 2.12. The lowest BCUT2D eigenvalue weighted by molar-refractivity contribution is 0.141. The van der Waals surface area contributed by atoms with Gasteiger partial charge in [-0.2, -0.15) is 0 Å². The maximum absolute atomic E-state index is 5.34. The van der Waals surface area contributed by atoms with Crippen molar-refractivity contribution in [2.24, 2.45) is 5.73 Å². The Kier molecular flexibility index (Phi) is 4.86. The molecule has 0 saturated heterocycles. The summed E-state index contributed by atoms with van der Waals surface area (Å²) in [7, 11) is 0. The van der Waals surface area contributed by atoms with Crippen LogP contribution in [0.4, 0.5) is 5.82 Å². The van der Waals surface area contributed by atoms with Crippen LogP contribution in [0.2, 0.25) is 0 Å². The van der Waals surface area contributed by atoms with Crippen molar-refractivity contribution in [2.45, 2.75) is 13.3 Å². The molecular weight excluding hydrogens is 248 g/mol. The Bertz CT molecular complexity index is 500. The quantitative estimate of drug-likeness (QED) is 0.747. The SMILES string of the molecule is Cc1cc2c(NCCCOCCN)ncnc2s1. The summed E-state index contributed by atoms with van der Waals surface area (Å²) in [4.78, 5) is 10.8. The zero-order valence-corrected chi connectivity index (χ0v) is 11.3. The number of anilines is 1. The number of thiophene rings is 1. The molecule has 2 aromatic rings. The van der Waals surface area contributed by atoms with Gasteiger partial charge in [0.25, 0.3) is 0 Å². The molecule has 0 saturated carbocycles. The smallest absolute Gasteiger partial charge is 0.138 e. The third-order valence-corrected chi connectivity index (χ3v) is 3.43. The number of nitrogens with two attached hydrogens (primary N) is 1. The van der Waals surface area contributed by atoms with Crippen molar-refractivity contribution in [2.75, 3.05) is 31.6 Å². The molecule has 6 heteroatoms. The van der Waals surface area contributed by atoms with Crippen molar-refractivity contribution in [3.05, 3.63) is 17.3 Å². The van der Waals surface area contributed by atoms with E-state index < -0.39 is 0 Å². The first kappa shape index (κ1) is 13.2. The van der Waals surface area contributed by atoms with E-state index in [2.05, 4.69) is 28.3 Å². The molecule has 0 fully saturated rings. The van der Waals surface area contributed by atoms with Gasteiger partial charge in [-0.1, -0.05) is 0 Å². The highest BCUT2D eigenvalue weighted by molar-refractivity contribution is 7.18. The lowest BCUT2D eigenvalue weighted by atomic mass is 10.3. The lowest BCUT2D eigenvalue weighted by Gasteiger charge is -2.06. The van der Waals surface area contributed by atoms with Gasteiger partial charge >= 0.3 is 0 Å². The first-order valence-electron chi connectivity index (χ1n) is 6.04. The molecule has 18 heavy (non-hydrogen) atoms. The Labute approximate surface area is 110 Å². The molecule has 0 aliphatic rings. The summed E-state index contributed by atoms with van der Waals surface area (Å²) in [6.07, 6.45) is 2.54. The van der Waals surface area contributed by atoms with Crippen LogP contribution in [0, 0.1) is 6.92 Å². The topological polar surface area (TPSA) is 73.1 Å². The second-order valence-electron chi connectivity index (χ2n) is 3.98. The van der Waals surface area contributed by atoms with Gasteiger partial charge in [-0.05, 0) is 19.4 Å². The van der Waals surface area contributed by atoms with E-state index in [1.54, 1.807) is 17.7 Å². The van der Waals surface area contributed by atoms with Crippen LogP contribution < -0.4 is 11.1 Å². The molecule has 0 unspecified atom stereocenters. The number of nitrogens with one attached hydrogen (secondary N) is 1. The fourth-order valence-corrected chi connectivity index (χ4v) is 2.53. The number of aryl methyl sites for hydroxylation is 1. The molecule has 0 aliphatic heterocycles. The summed E-state index contributed by atoms with van der Waals surface area (Å²) in [5, 5.41) is 4.42. The zero-order valence-electron chi connectivity index (χ0n) is 10.5. The fraction of sp³-hybridized carbons (Fsp3) is 0.500. The van der Waals surface area contributed by atoms with E-state index in [9.17, 15) is 0 Å². The van der Waals surface area contributed by atoms with Crippen molar-refractivity contribution in [1.29, 1.82) is 0 Å². The minimum atomic E-state index is 0.578. The standard InChI is InChI=1S/C12H18N4OS/c1-9-7-10-11(15-8-16-12(10)18-9)14-4-2-5-17-6-3-13/h7-8H,2-6,13H2,1H3,(H,14,15,16). The van der Waals surface area contributed by atoms with Crippen LogP contribution in [0.1, 0.15) is 11.3 Å². The number of ether oxygens (including phenoxy) is 1. The van der Waals surface area contributed by atoms with Crippen LogP contribution in [0.15, 0.2) is 12.4 Å². The second-order valence-corrected chi connectivity index (χ2v) is 5.21. The molecule has 0 bridgehead atoms. The predicted octanol–water partition coefficient (Wildman–Crippen LogP) is 1.78. The third kappa shape index (κ3) is 3.38. The highest BCUT2D eigenvalue weighted by atomic mass is 32.1. The first-order chi connectivity index (χ1) is 8.81. The number of nitrogens with zero attached hydrogens (tertiary/aromatic N) is 2. The number of aromatic nitrogens is 2. The van der Waals surface area contributed by atoms with E-state index in [1.807, 2.05) is 0 Å². The lowest BCUT2D eigenvalue weighted by Crippen LogP contribution is -2.11. The van der Waals surface area contributed by atoms with Crippen LogP contribution in [-0.2, 0) is 4.74 Å². The van der Waals surface area contributed by atoms with Gasteiger partial charge in [0.2, 0.25) is 0 Å². The van der Waals surface area contributed by atoms with E-state index in [1.165, 1.54) is 4.88 Å². The molecule has 98 valence electrons. The summed E-state index contributed by atoms with van der Waals surface area (Å²) in [6.45, 7) is 4.85. The first-order valence-corrected chi connectivity index (χ1v) is 6.85. The van der Waals surface area contributed by atoms with E-state index in [0.29, 0.717) is 13.2 Å². The highest BCUT2D eigenvalue weighted by Gasteiger charge is 2.05. The summed E-state index contributed by atoms with van der Waals surface area (Å²) >= 11 is 1.69. The van der Waals surface area contributed by atoms with E-state index in [-0.39, 0.29) is 0 Å². The Balaban J connectivity index is 1.87. The fourth-order valence-electron chi connectivity index (χ4n) is 1.68. The normalized spacial score (nSPS) is 11.0. The molecule has 3 N–H and O–H groups in total.